The Morgan fingerprint density at radius 2 is 1.86 bits per heavy atom. The number of carbonyl (C=O) groups excluding carboxylic acids is 2. The van der Waals surface area contributed by atoms with Crippen LogP contribution in [-0.2, 0) is 11.3 Å². The van der Waals surface area contributed by atoms with Gasteiger partial charge in [0.2, 0.25) is 5.91 Å². The highest BCUT2D eigenvalue weighted by Gasteiger charge is 2.25. The summed E-state index contributed by atoms with van der Waals surface area (Å²) in [6.07, 6.45) is 10.1. The summed E-state index contributed by atoms with van der Waals surface area (Å²) in [6.45, 7) is 0.365. The normalized spacial score (nSPS) is 15.7. The number of amides is 2. The number of benzene rings is 2. The first kappa shape index (κ1) is 23.7. The van der Waals surface area contributed by atoms with E-state index in [4.69, 9.17) is 11.6 Å². The van der Waals surface area contributed by atoms with E-state index in [1.165, 1.54) is 12.8 Å². The minimum atomic E-state index is -0.311. The highest BCUT2D eigenvalue weighted by atomic mass is 35.5. The fraction of sp³-hybridized carbons (Fsp3) is 0.310. The molecule has 2 amide bonds. The number of hydrogen-bond donors (Lipinski definition) is 2. The lowest BCUT2D eigenvalue weighted by molar-refractivity contribution is -0.124. The minimum Gasteiger partial charge on any atom is -0.352 e. The van der Waals surface area contributed by atoms with Gasteiger partial charge in [0.25, 0.3) is 5.91 Å². The molecule has 2 fully saturated rings. The summed E-state index contributed by atoms with van der Waals surface area (Å²) in [5.41, 5.74) is 4.78. The standard InChI is InChI=1S/C29H28ClN5O2/c30-24-11-8-18(16-32-28(36)20-4-1-2-5-20)14-22(24)29(37)34-25-6-3-7-27-23(25)17-33-35(27)21-12-13-31-26(15-21)19-9-10-19/h3,6-8,11-15,17,19-20H,1-2,4-5,9-10,16H2,(H,32,36)(H,34,37). The molecule has 0 unspecified atom stereocenters. The molecular weight excluding hydrogens is 486 g/mol. The molecule has 4 aromatic rings. The zero-order valence-corrected chi connectivity index (χ0v) is 21.2. The van der Waals surface area contributed by atoms with Gasteiger partial charge in [-0.3, -0.25) is 14.6 Å². The number of aromatic nitrogens is 3. The van der Waals surface area contributed by atoms with Gasteiger partial charge in [0.15, 0.2) is 0 Å². The van der Waals surface area contributed by atoms with E-state index in [1.54, 1.807) is 18.3 Å². The maximum absolute atomic E-state index is 13.3. The van der Waals surface area contributed by atoms with Crippen LogP contribution in [0.5, 0.6) is 0 Å². The largest absolute Gasteiger partial charge is 0.352 e. The van der Waals surface area contributed by atoms with Gasteiger partial charge in [0, 0.05) is 35.7 Å². The summed E-state index contributed by atoms with van der Waals surface area (Å²) in [5, 5.41) is 11.8. The second kappa shape index (κ2) is 9.98. The average Bonchev–Trinajstić information content (AvgIpc) is 3.43. The van der Waals surface area contributed by atoms with Gasteiger partial charge in [-0.05, 0) is 67.6 Å². The Labute approximate surface area is 220 Å². The third-order valence-electron chi connectivity index (χ3n) is 7.33. The van der Waals surface area contributed by atoms with Crippen LogP contribution in [0, 0.1) is 5.92 Å². The summed E-state index contributed by atoms with van der Waals surface area (Å²) in [6, 6.07) is 15.1. The Kier molecular flexibility index (Phi) is 6.38. The summed E-state index contributed by atoms with van der Waals surface area (Å²) >= 11 is 6.40. The fourth-order valence-corrected chi connectivity index (χ4v) is 5.31. The van der Waals surface area contributed by atoms with Crippen LogP contribution in [0.15, 0.2) is 60.9 Å². The average molecular weight is 514 g/mol. The molecule has 188 valence electrons. The first-order valence-electron chi connectivity index (χ1n) is 12.9. The van der Waals surface area contributed by atoms with Crippen LogP contribution in [0.3, 0.4) is 0 Å². The number of nitrogens with zero attached hydrogens (tertiary/aromatic N) is 3. The van der Waals surface area contributed by atoms with Gasteiger partial charge in [0.05, 0.1) is 33.7 Å². The Hall–Kier alpha value is -3.71. The second-order valence-corrected chi connectivity index (χ2v) is 10.4. The first-order chi connectivity index (χ1) is 18.1. The minimum absolute atomic E-state index is 0.0839. The lowest BCUT2D eigenvalue weighted by Crippen LogP contribution is -2.28. The molecule has 0 radical (unpaired) electrons. The van der Waals surface area contributed by atoms with Crippen LogP contribution in [0.1, 0.15) is 66.1 Å². The van der Waals surface area contributed by atoms with Crippen LogP contribution in [0.2, 0.25) is 5.02 Å². The van der Waals surface area contributed by atoms with Crippen molar-refractivity contribution < 1.29 is 9.59 Å². The smallest absolute Gasteiger partial charge is 0.257 e. The lowest BCUT2D eigenvalue weighted by Gasteiger charge is -2.12. The molecule has 0 spiro atoms. The molecule has 2 N–H and O–H groups in total. The zero-order valence-electron chi connectivity index (χ0n) is 20.4. The molecule has 0 atom stereocenters. The highest BCUT2D eigenvalue weighted by Crippen LogP contribution is 2.39. The van der Waals surface area contributed by atoms with E-state index in [-0.39, 0.29) is 17.7 Å². The van der Waals surface area contributed by atoms with Gasteiger partial charge in [0.1, 0.15) is 0 Å². The topological polar surface area (TPSA) is 88.9 Å². The Bertz CT molecular complexity index is 1490. The summed E-state index contributed by atoms with van der Waals surface area (Å²) in [7, 11) is 0. The molecule has 2 aliphatic carbocycles. The van der Waals surface area contributed by atoms with Crippen molar-refractivity contribution >= 4 is 40.0 Å². The number of rotatable bonds is 7. The molecule has 2 heterocycles. The molecule has 0 bridgehead atoms. The van der Waals surface area contributed by atoms with E-state index in [9.17, 15) is 9.59 Å². The highest BCUT2D eigenvalue weighted by molar-refractivity contribution is 6.34. The van der Waals surface area contributed by atoms with Crippen molar-refractivity contribution in [3.05, 3.63) is 82.8 Å². The van der Waals surface area contributed by atoms with E-state index in [0.717, 1.165) is 53.5 Å². The van der Waals surface area contributed by atoms with Gasteiger partial charge < -0.3 is 10.6 Å². The number of fused-ring (bicyclic) bond motifs is 1. The molecule has 8 heteroatoms. The number of anilines is 1. The zero-order chi connectivity index (χ0) is 25.4. The molecule has 0 saturated heterocycles. The van der Waals surface area contributed by atoms with E-state index in [2.05, 4.69) is 26.8 Å². The molecule has 2 aromatic carbocycles. The summed E-state index contributed by atoms with van der Waals surface area (Å²) in [4.78, 5) is 30.2. The van der Waals surface area contributed by atoms with Gasteiger partial charge in [-0.2, -0.15) is 5.10 Å². The van der Waals surface area contributed by atoms with Crippen LogP contribution in [0.25, 0.3) is 16.6 Å². The predicted octanol–water partition coefficient (Wildman–Crippen LogP) is 6.01. The molecule has 2 saturated carbocycles. The molecule has 37 heavy (non-hydrogen) atoms. The molecule has 6 rings (SSSR count). The molecule has 0 aliphatic heterocycles. The van der Waals surface area contributed by atoms with E-state index in [0.29, 0.717) is 28.7 Å². The van der Waals surface area contributed by atoms with E-state index < -0.39 is 0 Å². The summed E-state index contributed by atoms with van der Waals surface area (Å²) < 4.78 is 1.87. The van der Waals surface area contributed by atoms with Gasteiger partial charge >= 0.3 is 0 Å². The van der Waals surface area contributed by atoms with Crippen molar-refractivity contribution in [2.75, 3.05) is 5.32 Å². The van der Waals surface area contributed by atoms with Crippen LogP contribution >= 0.6 is 11.6 Å². The second-order valence-electron chi connectivity index (χ2n) is 9.98. The molecule has 7 nitrogen and oxygen atoms in total. The summed E-state index contributed by atoms with van der Waals surface area (Å²) in [5.74, 6) is 0.423. The van der Waals surface area contributed by atoms with Crippen molar-refractivity contribution in [2.45, 2.75) is 51.0 Å². The Morgan fingerprint density at radius 3 is 2.68 bits per heavy atom. The van der Waals surface area contributed by atoms with Gasteiger partial charge in [-0.15, -0.1) is 0 Å². The molecule has 2 aromatic heterocycles. The first-order valence-corrected chi connectivity index (χ1v) is 13.2. The fourth-order valence-electron chi connectivity index (χ4n) is 5.10. The van der Waals surface area contributed by atoms with Crippen LogP contribution < -0.4 is 10.6 Å². The monoisotopic (exact) mass is 513 g/mol. The molecule has 2 aliphatic rings. The van der Waals surface area contributed by atoms with Crippen molar-refractivity contribution in [2.24, 2.45) is 5.92 Å². The van der Waals surface area contributed by atoms with Crippen molar-refractivity contribution in [1.29, 1.82) is 0 Å². The maximum Gasteiger partial charge on any atom is 0.257 e. The van der Waals surface area contributed by atoms with E-state index >= 15 is 0 Å². The third-order valence-corrected chi connectivity index (χ3v) is 7.66. The van der Waals surface area contributed by atoms with Crippen LogP contribution in [-0.4, -0.2) is 26.6 Å². The number of carbonyl (C=O) groups is 2. The third kappa shape index (κ3) is 4.96. The number of pyridine rings is 1. The lowest BCUT2D eigenvalue weighted by atomic mass is 10.1. The Balaban J connectivity index is 1.21. The van der Waals surface area contributed by atoms with Gasteiger partial charge in [-0.1, -0.05) is 36.6 Å². The van der Waals surface area contributed by atoms with Crippen molar-refractivity contribution in [1.82, 2.24) is 20.1 Å². The van der Waals surface area contributed by atoms with Crippen molar-refractivity contribution in [3.63, 3.8) is 0 Å². The quantitative estimate of drug-likeness (QED) is 0.316. The number of hydrogen-bond acceptors (Lipinski definition) is 4. The van der Waals surface area contributed by atoms with Crippen molar-refractivity contribution in [3.8, 4) is 5.69 Å². The Morgan fingerprint density at radius 1 is 1.03 bits per heavy atom. The van der Waals surface area contributed by atoms with E-state index in [1.807, 2.05) is 41.2 Å². The maximum atomic E-state index is 13.3. The molecular formula is C29H28ClN5O2. The predicted molar refractivity (Wildman–Crippen MR) is 144 cm³/mol. The SMILES string of the molecule is O=C(Nc1cccc2c1cnn2-c1ccnc(C2CC2)c1)c1cc(CNC(=O)C2CCCC2)ccc1Cl. The number of halogens is 1. The van der Waals surface area contributed by atoms with Crippen LogP contribution in [0.4, 0.5) is 5.69 Å². The number of nitrogens with one attached hydrogen (secondary N) is 2. The van der Waals surface area contributed by atoms with Gasteiger partial charge in [-0.25, -0.2) is 4.68 Å².